The number of fused-ring (bicyclic) bond motifs is 3. The average Bonchev–Trinajstić information content (AvgIpc) is 2.96. The molecule has 0 aliphatic rings. The highest BCUT2D eigenvalue weighted by Gasteiger charge is 2.46. The van der Waals surface area contributed by atoms with E-state index in [-0.39, 0.29) is 18.7 Å². The Morgan fingerprint density at radius 1 is 1.04 bits per heavy atom. The van der Waals surface area contributed by atoms with E-state index in [9.17, 15) is 17.7 Å². The van der Waals surface area contributed by atoms with Crippen molar-refractivity contribution >= 4 is 29.3 Å². The van der Waals surface area contributed by atoms with Gasteiger partial charge in [0.15, 0.2) is 5.69 Å². The minimum Gasteiger partial charge on any atom is -0.305 e. The smallest absolute Gasteiger partial charge is 0.305 e. The van der Waals surface area contributed by atoms with Gasteiger partial charge in [0.1, 0.15) is 5.30 Å². The molecule has 0 aliphatic carbocycles. The standard InChI is InChI=1S/C16H16F3N2O3P/c1-3-23-25(22,24-4-2)14-13-10-9-11-7-5-6-8-12(11)21(13)20-15(14)16(17,18)19/h5-10H,3-4H2,1-2H3. The van der Waals surface area contributed by atoms with Crippen LogP contribution >= 0.6 is 7.60 Å². The first kappa shape index (κ1) is 17.9. The lowest BCUT2D eigenvalue weighted by atomic mass is 10.2. The van der Waals surface area contributed by atoms with Crippen LogP contribution in [-0.4, -0.2) is 22.8 Å². The molecule has 0 saturated carbocycles. The van der Waals surface area contributed by atoms with Crippen molar-refractivity contribution in [3.8, 4) is 0 Å². The third kappa shape index (κ3) is 3.05. The van der Waals surface area contributed by atoms with Crippen molar-refractivity contribution in [2.75, 3.05) is 13.2 Å². The number of benzene rings is 1. The maximum atomic E-state index is 13.6. The highest BCUT2D eigenvalue weighted by molar-refractivity contribution is 7.62. The quantitative estimate of drug-likeness (QED) is 0.623. The van der Waals surface area contributed by atoms with Crippen LogP contribution < -0.4 is 5.30 Å². The van der Waals surface area contributed by atoms with Crippen molar-refractivity contribution in [2.24, 2.45) is 0 Å². The van der Waals surface area contributed by atoms with E-state index in [1.54, 1.807) is 44.2 Å². The summed E-state index contributed by atoms with van der Waals surface area (Å²) in [4.78, 5) is 0. The molecule has 0 atom stereocenters. The van der Waals surface area contributed by atoms with Gasteiger partial charge in [-0.2, -0.15) is 18.3 Å². The van der Waals surface area contributed by atoms with Gasteiger partial charge in [0.25, 0.3) is 0 Å². The van der Waals surface area contributed by atoms with Crippen LogP contribution in [-0.2, 0) is 19.8 Å². The lowest BCUT2D eigenvalue weighted by molar-refractivity contribution is -0.140. The van der Waals surface area contributed by atoms with Crippen molar-refractivity contribution in [3.05, 3.63) is 42.1 Å². The highest BCUT2D eigenvalue weighted by Crippen LogP contribution is 2.51. The predicted octanol–water partition coefficient (Wildman–Crippen LogP) is 4.40. The molecule has 1 aromatic carbocycles. The zero-order valence-electron chi connectivity index (χ0n) is 13.6. The third-order valence-electron chi connectivity index (χ3n) is 3.62. The molecule has 0 unspecified atom stereocenters. The topological polar surface area (TPSA) is 52.8 Å². The Morgan fingerprint density at radius 2 is 1.68 bits per heavy atom. The summed E-state index contributed by atoms with van der Waals surface area (Å²) in [6, 6.07) is 9.97. The summed E-state index contributed by atoms with van der Waals surface area (Å²) in [5.41, 5.74) is -0.735. The largest absolute Gasteiger partial charge is 0.436 e. The van der Waals surface area contributed by atoms with Gasteiger partial charge in [0.05, 0.1) is 24.2 Å². The summed E-state index contributed by atoms with van der Waals surface area (Å²) in [7, 11) is -4.18. The van der Waals surface area contributed by atoms with E-state index in [1.807, 2.05) is 0 Å². The minimum absolute atomic E-state index is 0.0521. The molecule has 25 heavy (non-hydrogen) atoms. The number of aromatic nitrogens is 2. The maximum Gasteiger partial charge on any atom is 0.436 e. The Hall–Kier alpha value is -1.89. The van der Waals surface area contributed by atoms with Gasteiger partial charge in [-0.3, -0.25) is 4.57 Å². The Labute approximate surface area is 141 Å². The lowest BCUT2D eigenvalue weighted by Gasteiger charge is -2.18. The van der Waals surface area contributed by atoms with Gasteiger partial charge in [0.2, 0.25) is 0 Å². The SMILES string of the molecule is CCOP(=O)(OCC)c1c(C(F)(F)F)nn2c1ccc1ccccc12. The Morgan fingerprint density at radius 3 is 2.28 bits per heavy atom. The first-order valence-electron chi connectivity index (χ1n) is 7.69. The highest BCUT2D eigenvalue weighted by atomic mass is 31.2. The molecule has 0 amide bonds. The number of halogens is 3. The van der Waals surface area contributed by atoms with E-state index in [4.69, 9.17) is 9.05 Å². The minimum atomic E-state index is -4.80. The zero-order valence-corrected chi connectivity index (χ0v) is 14.5. The number of para-hydroxylation sites is 1. The Kier molecular flexibility index (Phi) is 4.62. The molecule has 0 radical (unpaired) electrons. The van der Waals surface area contributed by atoms with Crippen molar-refractivity contribution in [1.82, 2.24) is 9.61 Å². The Balaban J connectivity index is 2.43. The molecular formula is C16H16F3N2O3P. The van der Waals surface area contributed by atoms with Crippen molar-refractivity contribution < 1.29 is 26.8 Å². The van der Waals surface area contributed by atoms with Crippen LogP contribution in [0, 0.1) is 0 Å². The first-order chi connectivity index (χ1) is 11.8. The summed E-state index contributed by atoms with van der Waals surface area (Å²) in [5, 5.41) is 3.86. The van der Waals surface area contributed by atoms with Crippen LogP contribution in [0.2, 0.25) is 0 Å². The molecule has 0 fully saturated rings. The van der Waals surface area contributed by atoms with Gasteiger partial charge in [-0.25, -0.2) is 4.52 Å². The molecule has 0 bridgehead atoms. The third-order valence-corrected chi connectivity index (χ3v) is 5.81. The number of pyridine rings is 1. The van der Waals surface area contributed by atoms with E-state index in [0.717, 1.165) is 4.52 Å². The van der Waals surface area contributed by atoms with E-state index in [2.05, 4.69) is 5.10 Å². The van der Waals surface area contributed by atoms with Gasteiger partial charge < -0.3 is 9.05 Å². The summed E-state index contributed by atoms with van der Waals surface area (Å²) in [6.45, 7) is 2.97. The van der Waals surface area contributed by atoms with Gasteiger partial charge in [0, 0.05) is 5.39 Å². The van der Waals surface area contributed by atoms with Crippen LogP contribution in [0.4, 0.5) is 13.2 Å². The fraction of sp³-hybridized carbons (Fsp3) is 0.312. The second-order valence-electron chi connectivity index (χ2n) is 5.22. The fourth-order valence-corrected chi connectivity index (χ4v) is 4.61. The molecule has 0 spiro atoms. The van der Waals surface area contributed by atoms with Crippen molar-refractivity contribution in [1.29, 1.82) is 0 Å². The Bertz CT molecular complexity index is 958. The van der Waals surface area contributed by atoms with E-state index >= 15 is 0 Å². The number of hydrogen-bond donors (Lipinski definition) is 0. The predicted molar refractivity (Wildman–Crippen MR) is 88.2 cm³/mol. The maximum absolute atomic E-state index is 13.6. The molecule has 0 saturated heterocycles. The van der Waals surface area contributed by atoms with Crippen LogP contribution in [0.5, 0.6) is 0 Å². The van der Waals surface area contributed by atoms with E-state index < -0.39 is 24.8 Å². The number of rotatable bonds is 5. The monoisotopic (exact) mass is 372 g/mol. The zero-order chi connectivity index (χ0) is 18.2. The van der Waals surface area contributed by atoms with Crippen LogP contribution in [0.3, 0.4) is 0 Å². The molecule has 2 heterocycles. The van der Waals surface area contributed by atoms with Crippen molar-refractivity contribution in [2.45, 2.75) is 20.0 Å². The molecule has 9 heteroatoms. The summed E-state index contributed by atoms with van der Waals surface area (Å²) in [5.74, 6) is 0. The molecule has 0 aliphatic heterocycles. The second kappa shape index (κ2) is 6.44. The summed E-state index contributed by atoms with van der Waals surface area (Å²) >= 11 is 0. The second-order valence-corrected chi connectivity index (χ2v) is 7.18. The summed E-state index contributed by atoms with van der Waals surface area (Å²) < 4.78 is 65.3. The normalized spacial score (nSPS) is 13.0. The summed E-state index contributed by atoms with van der Waals surface area (Å²) in [6.07, 6.45) is -4.80. The van der Waals surface area contributed by atoms with Crippen LogP contribution in [0.25, 0.3) is 16.4 Å². The number of hydrogen-bond acceptors (Lipinski definition) is 4. The molecule has 3 rings (SSSR count). The molecule has 5 nitrogen and oxygen atoms in total. The molecular weight excluding hydrogens is 356 g/mol. The van der Waals surface area contributed by atoms with E-state index in [0.29, 0.717) is 10.9 Å². The van der Waals surface area contributed by atoms with E-state index in [1.165, 1.54) is 6.07 Å². The van der Waals surface area contributed by atoms with Crippen molar-refractivity contribution in [3.63, 3.8) is 0 Å². The number of alkyl halides is 3. The van der Waals surface area contributed by atoms with Crippen LogP contribution in [0.1, 0.15) is 19.5 Å². The van der Waals surface area contributed by atoms with Crippen LogP contribution in [0.15, 0.2) is 36.4 Å². The van der Waals surface area contributed by atoms with Gasteiger partial charge >= 0.3 is 13.8 Å². The number of nitrogens with zero attached hydrogens (tertiary/aromatic N) is 2. The van der Waals surface area contributed by atoms with Gasteiger partial charge in [-0.1, -0.05) is 24.3 Å². The fourth-order valence-electron chi connectivity index (χ4n) is 2.71. The average molecular weight is 372 g/mol. The van der Waals surface area contributed by atoms with Gasteiger partial charge in [-0.15, -0.1) is 0 Å². The van der Waals surface area contributed by atoms with Gasteiger partial charge in [-0.05, 0) is 26.0 Å². The molecule has 3 aromatic rings. The molecule has 134 valence electrons. The lowest BCUT2D eigenvalue weighted by Crippen LogP contribution is -2.21. The first-order valence-corrected chi connectivity index (χ1v) is 9.23. The molecule has 2 aromatic heterocycles. The molecule has 0 N–H and O–H groups in total.